The molecular formula is C22H27N3O2. The number of nitrogens with two attached hydrogens (primary N) is 1. The van der Waals surface area contributed by atoms with Crippen LogP contribution < -0.4 is 5.73 Å². The van der Waals surface area contributed by atoms with Crippen molar-refractivity contribution in [2.45, 2.75) is 38.4 Å². The maximum absolute atomic E-state index is 13.1. The minimum atomic E-state index is -0.335. The highest BCUT2D eigenvalue weighted by Gasteiger charge is 2.29. The summed E-state index contributed by atoms with van der Waals surface area (Å²) in [6.07, 6.45) is 2.71. The maximum Gasteiger partial charge on any atom is 0.237 e. The number of piperidine rings is 1. The Bertz CT molecular complexity index is 707. The number of hydrogen-bond donors (Lipinski definition) is 1. The van der Waals surface area contributed by atoms with Gasteiger partial charge in [0.1, 0.15) is 0 Å². The number of primary amides is 1. The van der Waals surface area contributed by atoms with Crippen molar-refractivity contribution in [1.29, 1.82) is 0 Å². The second-order valence-electron chi connectivity index (χ2n) is 7.11. The van der Waals surface area contributed by atoms with Crippen LogP contribution in [-0.4, -0.2) is 40.7 Å². The van der Waals surface area contributed by atoms with Gasteiger partial charge in [0, 0.05) is 13.1 Å². The third kappa shape index (κ3) is 5.41. The predicted octanol–water partition coefficient (Wildman–Crippen LogP) is 2.56. The van der Waals surface area contributed by atoms with Crippen LogP contribution in [0.15, 0.2) is 60.7 Å². The number of rotatable bonds is 7. The molecule has 1 atom stereocenters. The Morgan fingerprint density at radius 2 is 1.48 bits per heavy atom. The van der Waals surface area contributed by atoms with E-state index < -0.39 is 0 Å². The summed E-state index contributed by atoms with van der Waals surface area (Å²) < 4.78 is 0. The number of nitrogens with zero attached hydrogens (tertiary/aromatic N) is 2. The van der Waals surface area contributed by atoms with Crippen molar-refractivity contribution in [3.63, 3.8) is 0 Å². The first-order valence-electron chi connectivity index (χ1n) is 9.52. The van der Waals surface area contributed by atoms with Gasteiger partial charge < -0.3 is 10.6 Å². The summed E-state index contributed by atoms with van der Waals surface area (Å²) >= 11 is 0. The van der Waals surface area contributed by atoms with E-state index in [1.165, 1.54) is 0 Å². The molecule has 27 heavy (non-hydrogen) atoms. The average molecular weight is 365 g/mol. The largest absolute Gasteiger partial charge is 0.368 e. The topological polar surface area (TPSA) is 66.6 Å². The summed E-state index contributed by atoms with van der Waals surface area (Å²) in [7, 11) is 0. The normalized spacial score (nSPS) is 17.4. The van der Waals surface area contributed by atoms with Gasteiger partial charge in [0.25, 0.3) is 0 Å². The van der Waals surface area contributed by atoms with Gasteiger partial charge in [-0.25, -0.2) is 0 Å². The van der Waals surface area contributed by atoms with Gasteiger partial charge >= 0.3 is 0 Å². The van der Waals surface area contributed by atoms with Crippen molar-refractivity contribution >= 4 is 11.8 Å². The van der Waals surface area contributed by atoms with Gasteiger partial charge in [-0.3, -0.25) is 14.5 Å². The lowest BCUT2D eigenvalue weighted by molar-refractivity contribution is -0.136. The van der Waals surface area contributed by atoms with Crippen molar-refractivity contribution in [3.8, 4) is 0 Å². The molecule has 0 spiro atoms. The smallest absolute Gasteiger partial charge is 0.237 e. The molecule has 1 aliphatic heterocycles. The van der Waals surface area contributed by atoms with Crippen LogP contribution >= 0.6 is 0 Å². The van der Waals surface area contributed by atoms with Gasteiger partial charge in [-0.2, -0.15) is 0 Å². The van der Waals surface area contributed by atoms with Crippen LogP contribution in [-0.2, 0) is 22.7 Å². The molecule has 2 N–H and O–H groups in total. The summed E-state index contributed by atoms with van der Waals surface area (Å²) in [5.41, 5.74) is 7.73. The quantitative estimate of drug-likeness (QED) is 0.820. The van der Waals surface area contributed by atoms with Crippen LogP contribution in [0.2, 0.25) is 0 Å². The molecule has 1 unspecified atom stereocenters. The zero-order valence-electron chi connectivity index (χ0n) is 15.6. The Labute approximate surface area is 160 Å². The van der Waals surface area contributed by atoms with E-state index in [2.05, 4.69) is 0 Å². The van der Waals surface area contributed by atoms with Crippen molar-refractivity contribution in [3.05, 3.63) is 71.8 Å². The molecule has 1 saturated heterocycles. The van der Waals surface area contributed by atoms with Crippen molar-refractivity contribution in [1.82, 2.24) is 9.80 Å². The summed E-state index contributed by atoms with van der Waals surface area (Å²) in [6.45, 7) is 2.06. The number of likely N-dealkylation sites (tertiary alicyclic amines) is 1. The van der Waals surface area contributed by atoms with Crippen LogP contribution in [0.5, 0.6) is 0 Å². The van der Waals surface area contributed by atoms with Crippen LogP contribution in [0.4, 0.5) is 0 Å². The molecule has 142 valence electrons. The number of hydrogen-bond acceptors (Lipinski definition) is 3. The monoisotopic (exact) mass is 365 g/mol. The molecule has 5 nitrogen and oxygen atoms in total. The Balaban J connectivity index is 1.74. The molecule has 2 aromatic carbocycles. The second kappa shape index (κ2) is 9.33. The van der Waals surface area contributed by atoms with E-state index in [0.29, 0.717) is 13.1 Å². The molecule has 1 fully saturated rings. The molecule has 0 aromatic heterocycles. The third-order valence-electron chi connectivity index (χ3n) is 5.07. The summed E-state index contributed by atoms with van der Waals surface area (Å²) in [6, 6.07) is 19.6. The van der Waals surface area contributed by atoms with E-state index in [1.54, 1.807) is 0 Å². The first-order chi connectivity index (χ1) is 13.1. The molecule has 1 heterocycles. The van der Waals surface area contributed by atoms with E-state index in [1.807, 2.05) is 70.5 Å². The minimum Gasteiger partial charge on any atom is -0.368 e. The minimum absolute atomic E-state index is 0.0239. The molecule has 2 aromatic rings. The second-order valence-corrected chi connectivity index (χ2v) is 7.11. The average Bonchev–Trinajstić information content (AvgIpc) is 2.69. The fourth-order valence-corrected chi connectivity index (χ4v) is 3.62. The van der Waals surface area contributed by atoms with Gasteiger partial charge in [-0.1, -0.05) is 67.1 Å². The SMILES string of the molecule is NC(=O)C1CCCCN1CC(=O)N(Cc1ccccc1)Cc1ccccc1. The lowest BCUT2D eigenvalue weighted by Crippen LogP contribution is -2.51. The van der Waals surface area contributed by atoms with Crippen LogP contribution in [0, 0.1) is 0 Å². The predicted molar refractivity (Wildman–Crippen MR) is 106 cm³/mol. The Morgan fingerprint density at radius 3 is 2.00 bits per heavy atom. The Kier molecular flexibility index (Phi) is 6.60. The van der Waals surface area contributed by atoms with Crippen molar-refractivity contribution in [2.24, 2.45) is 5.73 Å². The standard InChI is InChI=1S/C22H27N3O2/c23-22(27)20-13-7-8-14-24(20)17-21(26)25(15-18-9-3-1-4-10-18)16-19-11-5-2-6-12-19/h1-6,9-12,20H,7-8,13-17H2,(H2,23,27). The van der Waals surface area contributed by atoms with E-state index in [-0.39, 0.29) is 24.4 Å². The molecule has 0 bridgehead atoms. The summed E-state index contributed by atoms with van der Waals surface area (Å²) in [4.78, 5) is 28.7. The zero-order valence-corrected chi connectivity index (χ0v) is 15.6. The third-order valence-corrected chi connectivity index (χ3v) is 5.07. The fraction of sp³-hybridized carbons (Fsp3) is 0.364. The summed E-state index contributed by atoms with van der Waals surface area (Å²) in [5.74, 6) is -0.309. The molecule has 1 aliphatic rings. The molecule has 3 rings (SSSR count). The van der Waals surface area contributed by atoms with E-state index >= 15 is 0 Å². The first-order valence-corrected chi connectivity index (χ1v) is 9.52. The van der Waals surface area contributed by atoms with E-state index in [9.17, 15) is 9.59 Å². The van der Waals surface area contributed by atoms with Crippen LogP contribution in [0.25, 0.3) is 0 Å². The molecule has 0 aliphatic carbocycles. The van der Waals surface area contributed by atoms with Gasteiger partial charge in [-0.15, -0.1) is 0 Å². The maximum atomic E-state index is 13.1. The van der Waals surface area contributed by atoms with Crippen LogP contribution in [0.3, 0.4) is 0 Å². The lowest BCUT2D eigenvalue weighted by Gasteiger charge is -2.34. The summed E-state index contributed by atoms with van der Waals surface area (Å²) in [5, 5.41) is 0. The van der Waals surface area contributed by atoms with Gasteiger partial charge in [-0.05, 0) is 30.5 Å². The van der Waals surface area contributed by atoms with Gasteiger partial charge in [0.05, 0.1) is 12.6 Å². The highest BCUT2D eigenvalue weighted by molar-refractivity contribution is 5.82. The van der Waals surface area contributed by atoms with Crippen LogP contribution in [0.1, 0.15) is 30.4 Å². The van der Waals surface area contributed by atoms with Crippen molar-refractivity contribution in [2.75, 3.05) is 13.1 Å². The number of amides is 2. The highest BCUT2D eigenvalue weighted by Crippen LogP contribution is 2.18. The lowest BCUT2D eigenvalue weighted by atomic mass is 10.0. The molecule has 0 saturated carbocycles. The Hall–Kier alpha value is -2.66. The van der Waals surface area contributed by atoms with Crippen molar-refractivity contribution < 1.29 is 9.59 Å². The van der Waals surface area contributed by atoms with E-state index in [4.69, 9.17) is 5.73 Å². The zero-order chi connectivity index (χ0) is 19.1. The number of benzene rings is 2. The van der Waals surface area contributed by atoms with Gasteiger partial charge in [0.2, 0.25) is 11.8 Å². The van der Waals surface area contributed by atoms with E-state index in [0.717, 1.165) is 36.9 Å². The molecule has 2 amide bonds. The Morgan fingerprint density at radius 1 is 0.926 bits per heavy atom. The number of carbonyl (C=O) groups excluding carboxylic acids is 2. The fourth-order valence-electron chi connectivity index (χ4n) is 3.62. The number of carbonyl (C=O) groups is 2. The van der Waals surface area contributed by atoms with Gasteiger partial charge in [0.15, 0.2) is 0 Å². The highest BCUT2D eigenvalue weighted by atomic mass is 16.2. The first kappa shape index (κ1) is 19.1. The molecule has 5 heteroatoms. The molecule has 0 radical (unpaired) electrons. The molecular weight excluding hydrogens is 338 g/mol.